The Labute approximate surface area is 121 Å². The van der Waals surface area contributed by atoms with E-state index in [0.717, 1.165) is 0 Å². The summed E-state index contributed by atoms with van der Waals surface area (Å²) in [5.41, 5.74) is -0.582. The van der Waals surface area contributed by atoms with Gasteiger partial charge in [0.2, 0.25) is 0 Å². The number of benzene rings is 1. The molecule has 6 nitrogen and oxygen atoms in total. The van der Waals surface area contributed by atoms with Gasteiger partial charge in [0.1, 0.15) is 0 Å². The normalized spacial score (nSPS) is 11.2. The molecule has 1 rings (SSSR count). The molecule has 0 aliphatic heterocycles. The highest BCUT2D eigenvalue weighted by atomic mass is 32.2. The van der Waals surface area contributed by atoms with Crippen molar-refractivity contribution in [2.24, 2.45) is 0 Å². The van der Waals surface area contributed by atoms with Crippen LogP contribution in [0.25, 0.3) is 0 Å². The Bertz CT molecular complexity index is 531. The number of hydrogen-bond donors (Lipinski definition) is 1. The Morgan fingerprint density at radius 1 is 1.50 bits per heavy atom. The lowest BCUT2D eigenvalue weighted by Crippen LogP contribution is -2.47. The quantitative estimate of drug-likeness (QED) is 0.511. The van der Waals surface area contributed by atoms with Gasteiger partial charge in [0.25, 0.3) is 11.6 Å². The molecule has 0 saturated carbocycles. The van der Waals surface area contributed by atoms with Crippen LogP contribution >= 0.6 is 11.8 Å². The molecule has 0 fully saturated rings. The predicted molar refractivity (Wildman–Crippen MR) is 78.1 cm³/mol. The molecular weight excluding hydrogens is 280 g/mol. The standard InChI is InChI=1S/C13H18N2O4S/c1-13(2,8-16)14(3)12(17)9-5-6-11(20-4)10(7-9)15(18)19/h5-7,16H,8H2,1-4H3. The van der Waals surface area contributed by atoms with Crippen LogP contribution in [0.3, 0.4) is 0 Å². The summed E-state index contributed by atoms with van der Waals surface area (Å²) in [5.74, 6) is -0.361. The monoisotopic (exact) mass is 298 g/mol. The van der Waals surface area contributed by atoms with E-state index < -0.39 is 10.5 Å². The molecule has 0 bridgehead atoms. The molecule has 20 heavy (non-hydrogen) atoms. The van der Waals surface area contributed by atoms with Crippen molar-refractivity contribution in [2.75, 3.05) is 19.9 Å². The highest BCUT2D eigenvalue weighted by Crippen LogP contribution is 2.29. The number of nitro groups is 1. The largest absolute Gasteiger partial charge is 0.394 e. The van der Waals surface area contributed by atoms with Crippen LogP contribution in [0, 0.1) is 10.1 Å². The van der Waals surface area contributed by atoms with Gasteiger partial charge < -0.3 is 10.0 Å². The van der Waals surface area contributed by atoms with Gasteiger partial charge in [-0.1, -0.05) is 0 Å². The van der Waals surface area contributed by atoms with Crippen LogP contribution < -0.4 is 0 Å². The topological polar surface area (TPSA) is 83.7 Å². The van der Waals surface area contributed by atoms with Crippen molar-refractivity contribution < 1.29 is 14.8 Å². The van der Waals surface area contributed by atoms with Gasteiger partial charge in [-0.05, 0) is 32.2 Å². The minimum atomic E-state index is -0.732. The Hall–Kier alpha value is -1.60. The maximum atomic E-state index is 12.3. The van der Waals surface area contributed by atoms with Gasteiger partial charge in [0, 0.05) is 18.7 Å². The highest BCUT2D eigenvalue weighted by Gasteiger charge is 2.28. The second kappa shape index (κ2) is 6.23. The maximum Gasteiger partial charge on any atom is 0.283 e. The Kier molecular flexibility index (Phi) is 5.13. The molecule has 110 valence electrons. The van der Waals surface area contributed by atoms with Crippen LogP contribution in [0.1, 0.15) is 24.2 Å². The molecule has 0 saturated heterocycles. The van der Waals surface area contributed by atoms with Crippen LogP contribution in [0.5, 0.6) is 0 Å². The number of aliphatic hydroxyl groups excluding tert-OH is 1. The van der Waals surface area contributed by atoms with Gasteiger partial charge >= 0.3 is 0 Å². The minimum Gasteiger partial charge on any atom is -0.394 e. The van der Waals surface area contributed by atoms with Gasteiger partial charge in [0.15, 0.2) is 0 Å². The van der Waals surface area contributed by atoms with Crippen molar-refractivity contribution in [1.29, 1.82) is 0 Å². The summed E-state index contributed by atoms with van der Waals surface area (Å²) in [7, 11) is 1.56. The lowest BCUT2D eigenvalue weighted by Gasteiger charge is -2.33. The van der Waals surface area contributed by atoms with Gasteiger partial charge in [-0.15, -0.1) is 11.8 Å². The van der Waals surface area contributed by atoms with Gasteiger partial charge in [0.05, 0.1) is 22.0 Å². The molecule has 1 amide bonds. The molecule has 0 heterocycles. The Morgan fingerprint density at radius 3 is 2.55 bits per heavy atom. The zero-order valence-corrected chi connectivity index (χ0v) is 12.7. The van der Waals surface area contributed by atoms with E-state index >= 15 is 0 Å². The summed E-state index contributed by atoms with van der Waals surface area (Å²) in [5, 5.41) is 20.3. The average Bonchev–Trinajstić information content (AvgIpc) is 2.44. The number of likely N-dealkylation sites (N-methyl/N-ethyl adjacent to an activating group) is 1. The summed E-state index contributed by atoms with van der Waals surface area (Å²) in [6.07, 6.45) is 1.74. The minimum absolute atomic E-state index is 0.0847. The summed E-state index contributed by atoms with van der Waals surface area (Å²) < 4.78 is 0. The van der Waals surface area contributed by atoms with E-state index in [4.69, 9.17) is 0 Å². The lowest BCUT2D eigenvalue weighted by atomic mass is 10.0. The Morgan fingerprint density at radius 2 is 2.10 bits per heavy atom. The molecule has 0 aromatic heterocycles. The van der Waals surface area contributed by atoms with Gasteiger partial charge in [-0.25, -0.2) is 0 Å². The zero-order valence-electron chi connectivity index (χ0n) is 11.9. The third-order valence-corrected chi connectivity index (χ3v) is 4.01. The first-order valence-electron chi connectivity index (χ1n) is 5.96. The molecule has 0 aliphatic rings. The summed E-state index contributed by atoms with van der Waals surface area (Å²) >= 11 is 1.26. The molecule has 1 N–H and O–H groups in total. The molecular formula is C13H18N2O4S. The van der Waals surface area contributed by atoms with Crippen molar-refractivity contribution in [2.45, 2.75) is 24.3 Å². The SMILES string of the molecule is CSc1ccc(C(=O)N(C)C(C)(C)CO)cc1[N+](=O)[O-]. The summed E-state index contributed by atoms with van der Waals surface area (Å²) in [6, 6.07) is 4.40. The van der Waals surface area contributed by atoms with Crippen LogP contribution in [-0.2, 0) is 0 Å². The molecule has 0 unspecified atom stereocenters. The second-order valence-corrected chi connectivity index (χ2v) is 5.83. The fourth-order valence-electron chi connectivity index (χ4n) is 1.54. The molecule has 7 heteroatoms. The predicted octanol–water partition coefficient (Wildman–Crippen LogP) is 2.16. The number of nitro benzene ring substituents is 1. The first kappa shape index (κ1) is 16.5. The maximum absolute atomic E-state index is 12.3. The smallest absolute Gasteiger partial charge is 0.283 e. The molecule has 0 aliphatic carbocycles. The van der Waals surface area contributed by atoms with Crippen molar-refractivity contribution in [3.8, 4) is 0 Å². The first-order chi connectivity index (χ1) is 9.24. The van der Waals surface area contributed by atoms with Crippen molar-refractivity contribution in [3.63, 3.8) is 0 Å². The van der Waals surface area contributed by atoms with Crippen molar-refractivity contribution in [3.05, 3.63) is 33.9 Å². The van der Waals surface area contributed by atoms with Crippen LogP contribution in [0.15, 0.2) is 23.1 Å². The van der Waals surface area contributed by atoms with Crippen LogP contribution in [0.2, 0.25) is 0 Å². The van der Waals surface area contributed by atoms with E-state index in [1.807, 2.05) is 0 Å². The van der Waals surface area contributed by atoms with Crippen molar-refractivity contribution >= 4 is 23.4 Å². The molecule has 1 aromatic carbocycles. The van der Waals surface area contributed by atoms with E-state index in [-0.39, 0.29) is 23.8 Å². The zero-order chi connectivity index (χ0) is 15.5. The van der Waals surface area contributed by atoms with E-state index in [1.54, 1.807) is 39.3 Å². The van der Waals surface area contributed by atoms with Gasteiger partial charge in [-0.3, -0.25) is 14.9 Å². The number of thioether (sulfide) groups is 1. The van der Waals surface area contributed by atoms with E-state index in [1.165, 1.54) is 22.7 Å². The van der Waals surface area contributed by atoms with E-state index in [2.05, 4.69) is 0 Å². The Balaban J connectivity index is 3.18. The third kappa shape index (κ3) is 3.29. The number of carbonyl (C=O) groups excluding carboxylic acids is 1. The number of aliphatic hydroxyl groups is 1. The molecule has 1 aromatic rings. The molecule has 0 radical (unpaired) electrons. The fourth-order valence-corrected chi connectivity index (χ4v) is 2.09. The number of nitrogens with zero attached hydrogens (tertiary/aromatic N) is 2. The summed E-state index contributed by atoms with van der Waals surface area (Å²) in [6.45, 7) is 3.24. The third-order valence-electron chi connectivity index (χ3n) is 3.22. The number of carbonyl (C=O) groups is 1. The van der Waals surface area contributed by atoms with E-state index in [0.29, 0.717) is 4.90 Å². The van der Waals surface area contributed by atoms with Crippen LogP contribution in [-0.4, -0.2) is 46.3 Å². The number of rotatable bonds is 5. The second-order valence-electron chi connectivity index (χ2n) is 4.98. The molecule has 0 spiro atoms. The first-order valence-corrected chi connectivity index (χ1v) is 7.18. The number of amides is 1. The lowest BCUT2D eigenvalue weighted by molar-refractivity contribution is -0.387. The average molecular weight is 298 g/mol. The molecule has 0 atom stereocenters. The fraction of sp³-hybridized carbons (Fsp3) is 0.462. The number of hydrogen-bond acceptors (Lipinski definition) is 5. The van der Waals surface area contributed by atoms with Crippen molar-refractivity contribution in [1.82, 2.24) is 4.90 Å². The van der Waals surface area contributed by atoms with Gasteiger partial charge in [-0.2, -0.15) is 0 Å². The highest BCUT2D eigenvalue weighted by molar-refractivity contribution is 7.98. The van der Waals surface area contributed by atoms with Crippen LogP contribution in [0.4, 0.5) is 5.69 Å². The summed E-state index contributed by atoms with van der Waals surface area (Å²) in [4.78, 5) is 24.7. The van der Waals surface area contributed by atoms with E-state index in [9.17, 15) is 20.0 Å².